The molecular weight excluding hydrogens is 365 g/mol. The first-order valence-corrected chi connectivity index (χ1v) is 9.61. The largest absolute Gasteiger partial charge is 0.348 e. The maximum Gasteiger partial charge on any atom is 0.154 e. The lowest BCUT2D eigenvalue weighted by Gasteiger charge is -2.26. The van der Waals surface area contributed by atoms with Crippen LogP contribution in [0, 0.1) is 17.1 Å². The predicted molar refractivity (Wildman–Crippen MR) is 109 cm³/mol. The van der Waals surface area contributed by atoms with Crippen LogP contribution < -0.4 is 4.90 Å². The summed E-state index contributed by atoms with van der Waals surface area (Å²) in [5.41, 5.74) is 3.86. The molecule has 1 unspecified atom stereocenters. The number of rotatable bonds is 3. The molecule has 0 amide bonds. The van der Waals surface area contributed by atoms with E-state index in [-0.39, 0.29) is 11.9 Å². The van der Waals surface area contributed by atoms with Crippen molar-refractivity contribution in [3.8, 4) is 17.3 Å². The van der Waals surface area contributed by atoms with Crippen molar-refractivity contribution in [2.24, 2.45) is 0 Å². The van der Waals surface area contributed by atoms with Gasteiger partial charge in [0.05, 0.1) is 29.6 Å². The van der Waals surface area contributed by atoms with E-state index in [1.807, 2.05) is 40.9 Å². The number of nitriles is 1. The first kappa shape index (κ1) is 17.4. The Balaban J connectivity index is 1.56. The number of hydrogen-bond donors (Lipinski definition) is 0. The van der Waals surface area contributed by atoms with Gasteiger partial charge in [-0.2, -0.15) is 5.26 Å². The average molecular weight is 383 g/mol. The van der Waals surface area contributed by atoms with Gasteiger partial charge in [0.1, 0.15) is 11.6 Å². The summed E-state index contributed by atoms with van der Waals surface area (Å²) in [7, 11) is 0. The summed E-state index contributed by atoms with van der Waals surface area (Å²) in [4.78, 5) is 6.62. The zero-order valence-electron chi connectivity index (χ0n) is 15.7. The Morgan fingerprint density at radius 2 is 1.86 bits per heavy atom. The van der Waals surface area contributed by atoms with E-state index in [9.17, 15) is 4.39 Å². The second-order valence-corrected chi connectivity index (χ2v) is 7.17. The molecule has 29 heavy (non-hydrogen) atoms. The number of imidazole rings is 1. The normalized spacial score (nSPS) is 16.3. The number of anilines is 1. The first-order valence-electron chi connectivity index (χ1n) is 9.61. The predicted octanol–water partition coefficient (Wildman–Crippen LogP) is 4.75. The summed E-state index contributed by atoms with van der Waals surface area (Å²) in [5.74, 6) is 0.627. The molecule has 1 saturated heterocycles. The van der Waals surface area contributed by atoms with E-state index < -0.39 is 0 Å². The molecule has 6 heteroatoms. The monoisotopic (exact) mass is 383 g/mol. The Labute approximate surface area is 167 Å². The molecule has 0 spiro atoms. The summed E-state index contributed by atoms with van der Waals surface area (Å²) in [6, 6.07) is 20.3. The highest BCUT2D eigenvalue weighted by atomic mass is 19.1. The lowest BCUT2D eigenvalue weighted by molar-refractivity contribution is 0.578. The molecule has 4 aromatic rings. The van der Waals surface area contributed by atoms with Crippen molar-refractivity contribution in [3.05, 3.63) is 83.8 Å². The SMILES string of the molecule is N#Cc1ccc(-c2cnc3ccc(N4CCCC4c4ccccc4F)nn23)cc1. The minimum atomic E-state index is -0.175. The average Bonchev–Trinajstić information content (AvgIpc) is 3.41. The molecule has 1 aliphatic heterocycles. The maximum atomic E-state index is 14.4. The van der Waals surface area contributed by atoms with E-state index in [2.05, 4.69) is 16.0 Å². The molecule has 5 rings (SSSR count). The van der Waals surface area contributed by atoms with Crippen molar-refractivity contribution in [1.29, 1.82) is 5.26 Å². The van der Waals surface area contributed by atoms with Gasteiger partial charge in [-0.05, 0) is 43.2 Å². The molecule has 1 fully saturated rings. The van der Waals surface area contributed by atoms with Crippen molar-refractivity contribution in [3.63, 3.8) is 0 Å². The van der Waals surface area contributed by atoms with Gasteiger partial charge in [0.25, 0.3) is 0 Å². The fourth-order valence-electron chi connectivity index (χ4n) is 4.04. The van der Waals surface area contributed by atoms with Crippen LogP contribution in [0.5, 0.6) is 0 Å². The summed E-state index contributed by atoms with van der Waals surface area (Å²) in [5, 5.41) is 13.8. The highest BCUT2D eigenvalue weighted by Crippen LogP contribution is 2.36. The van der Waals surface area contributed by atoms with Crippen molar-refractivity contribution >= 4 is 11.5 Å². The number of nitrogens with zero attached hydrogens (tertiary/aromatic N) is 5. The summed E-state index contributed by atoms with van der Waals surface area (Å²) in [6.07, 6.45) is 3.67. The molecule has 2 aromatic heterocycles. The van der Waals surface area contributed by atoms with Crippen molar-refractivity contribution < 1.29 is 4.39 Å². The number of halogens is 1. The van der Waals surface area contributed by atoms with Crippen molar-refractivity contribution in [1.82, 2.24) is 14.6 Å². The van der Waals surface area contributed by atoms with E-state index in [4.69, 9.17) is 10.4 Å². The lowest BCUT2D eigenvalue weighted by Crippen LogP contribution is -2.25. The van der Waals surface area contributed by atoms with Crippen LogP contribution in [-0.4, -0.2) is 21.1 Å². The van der Waals surface area contributed by atoms with Crippen LogP contribution in [0.15, 0.2) is 66.9 Å². The van der Waals surface area contributed by atoms with Crippen LogP contribution in [0.4, 0.5) is 10.2 Å². The molecule has 1 atom stereocenters. The van der Waals surface area contributed by atoms with Crippen LogP contribution >= 0.6 is 0 Å². The highest BCUT2D eigenvalue weighted by Gasteiger charge is 2.29. The topological polar surface area (TPSA) is 57.2 Å². The summed E-state index contributed by atoms with van der Waals surface area (Å²) < 4.78 is 16.2. The molecule has 3 heterocycles. The third kappa shape index (κ3) is 3.01. The number of hydrogen-bond acceptors (Lipinski definition) is 4. The minimum absolute atomic E-state index is 0.0250. The van der Waals surface area contributed by atoms with E-state index in [1.54, 1.807) is 24.4 Å². The number of aromatic nitrogens is 3. The van der Waals surface area contributed by atoms with Gasteiger partial charge in [0.15, 0.2) is 5.65 Å². The van der Waals surface area contributed by atoms with E-state index in [0.29, 0.717) is 11.1 Å². The molecule has 5 nitrogen and oxygen atoms in total. The van der Waals surface area contributed by atoms with Crippen LogP contribution in [0.25, 0.3) is 16.9 Å². The standard InChI is InChI=1S/C23H18FN5/c24-19-5-2-1-4-18(19)20-6-3-13-28(20)23-12-11-22-26-15-21(29(22)27-23)17-9-7-16(14-25)8-10-17/h1-2,4-5,7-12,15,20H,3,6,13H2. The second kappa shape index (κ2) is 7.02. The van der Waals surface area contributed by atoms with Gasteiger partial charge in [0, 0.05) is 17.7 Å². The highest BCUT2D eigenvalue weighted by molar-refractivity contribution is 5.64. The Bertz CT molecular complexity index is 1220. The molecule has 2 aromatic carbocycles. The first-order chi connectivity index (χ1) is 14.2. The number of benzene rings is 2. The zero-order chi connectivity index (χ0) is 19.8. The Morgan fingerprint density at radius 3 is 2.66 bits per heavy atom. The Kier molecular flexibility index (Phi) is 4.21. The van der Waals surface area contributed by atoms with Crippen LogP contribution in [0.2, 0.25) is 0 Å². The second-order valence-electron chi connectivity index (χ2n) is 7.17. The maximum absolute atomic E-state index is 14.4. The zero-order valence-corrected chi connectivity index (χ0v) is 15.7. The molecule has 0 aliphatic carbocycles. The third-order valence-corrected chi connectivity index (χ3v) is 5.47. The van der Waals surface area contributed by atoms with Gasteiger partial charge < -0.3 is 4.90 Å². The quantitative estimate of drug-likeness (QED) is 0.512. The third-order valence-electron chi connectivity index (χ3n) is 5.47. The van der Waals surface area contributed by atoms with Crippen molar-refractivity contribution in [2.45, 2.75) is 18.9 Å². The molecule has 0 bridgehead atoms. The van der Waals surface area contributed by atoms with Gasteiger partial charge in [0.2, 0.25) is 0 Å². The Morgan fingerprint density at radius 1 is 1.03 bits per heavy atom. The van der Waals surface area contributed by atoms with Crippen LogP contribution in [0.1, 0.15) is 30.0 Å². The van der Waals surface area contributed by atoms with Gasteiger partial charge >= 0.3 is 0 Å². The van der Waals surface area contributed by atoms with Crippen LogP contribution in [-0.2, 0) is 0 Å². The van der Waals surface area contributed by atoms with E-state index in [0.717, 1.165) is 42.1 Å². The van der Waals surface area contributed by atoms with Gasteiger partial charge in [-0.15, -0.1) is 5.10 Å². The van der Waals surface area contributed by atoms with E-state index in [1.165, 1.54) is 6.07 Å². The minimum Gasteiger partial charge on any atom is -0.348 e. The van der Waals surface area contributed by atoms with Gasteiger partial charge in [-0.3, -0.25) is 0 Å². The fourth-order valence-corrected chi connectivity index (χ4v) is 4.04. The van der Waals surface area contributed by atoms with Crippen LogP contribution in [0.3, 0.4) is 0 Å². The Hall–Kier alpha value is -3.72. The van der Waals surface area contributed by atoms with E-state index >= 15 is 0 Å². The number of fused-ring (bicyclic) bond motifs is 1. The van der Waals surface area contributed by atoms with Gasteiger partial charge in [-0.1, -0.05) is 30.3 Å². The molecule has 0 saturated carbocycles. The molecule has 0 N–H and O–H groups in total. The lowest BCUT2D eigenvalue weighted by atomic mass is 10.0. The van der Waals surface area contributed by atoms with Crippen molar-refractivity contribution in [2.75, 3.05) is 11.4 Å². The smallest absolute Gasteiger partial charge is 0.154 e. The summed E-state index contributed by atoms with van der Waals surface area (Å²) in [6.45, 7) is 0.832. The fraction of sp³-hybridized carbons (Fsp3) is 0.174. The van der Waals surface area contributed by atoms with Gasteiger partial charge in [-0.25, -0.2) is 13.9 Å². The molecule has 0 radical (unpaired) electrons. The summed E-state index contributed by atoms with van der Waals surface area (Å²) >= 11 is 0. The molecule has 1 aliphatic rings. The molecular formula is C23H18FN5. The molecule has 142 valence electrons.